The molecule has 0 spiro atoms. The maximum absolute atomic E-state index is 5.17. The van der Waals surface area contributed by atoms with Crippen molar-refractivity contribution in [2.24, 2.45) is 5.73 Å². The Kier molecular flexibility index (Phi) is 6.26. The Labute approximate surface area is 47.9 Å². The van der Waals surface area contributed by atoms with Crippen LogP contribution in [0.3, 0.4) is 0 Å². The molecule has 0 aliphatic rings. The van der Waals surface area contributed by atoms with Gasteiger partial charge in [0.1, 0.15) is 0 Å². The molecule has 3 N–H and O–H groups in total. The summed E-state index contributed by atoms with van der Waals surface area (Å²) in [6, 6.07) is 1.38. The minimum Gasteiger partial charge on any atom is -0.318 e. The maximum atomic E-state index is 5.17. The lowest BCUT2D eigenvalue weighted by atomic mass is 10.5. The molecule has 0 saturated heterocycles. The molecular weight excluding hydrogens is 104 g/mol. The van der Waals surface area contributed by atoms with Crippen LogP contribution in [0.5, 0.6) is 0 Å². The second-order valence-electron chi connectivity index (χ2n) is 1.56. The van der Waals surface area contributed by atoms with Crippen LogP contribution in [0.1, 0.15) is 6.42 Å². The van der Waals surface area contributed by atoms with E-state index in [1.807, 2.05) is 0 Å². The average Bonchev–Trinajstić information content (AvgIpc) is 1.69. The van der Waals surface area contributed by atoms with Gasteiger partial charge in [-0.25, -0.2) is 0 Å². The van der Waals surface area contributed by atoms with Crippen LogP contribution in [-0.4, -0.2) is 23.5 Å². The highest BCUT2D eigenvalue weighted by molar-refractivity contribution is 6.08. The molecule has 0 saturated carbocycles. The zero-order chi connectivity index (χ0) is 5.54. The van der Waals surface area contributed by atoms with Crippen molar-refractivity contribution in [1.82, 2.24) is 5.32 Å². The van der Waals surface area contributed by atoms with Crippen molar-refractivity contribution < 1.29 is 0 Å². The van der Waals surface area contributed by atoms with Crippen LogP contribution in [0, 0.1) is 0 Å². The quantitative estimate of drug-likeness (QED) is 0.272. The van der Waals surface area contributed by atoms with Crippen molar-refractivity contribution in [1.29, 1.82) is 0 Å². The normalized spacial score (nSPS) is 9.86. The average molecular weight is 118 g/mol. The van der Waals surface area contributed by atoms with E-state index in [0.29, 0.717) is 6.67 Å². The first-order valence-electron chi connectivity index (χ1n) is 2.82. The van der Waals surface area contributed by atoms with Crippen LogP contribution in [-0.2, 0) is 0 Å². The Morgan fingerprint density at radius 3 is 2.71 bits per heavy atom. The first kappa shape index (κ1) is 7.14. The highest BCUT2D eigenvalue weighted by Crippen LogP contribution is 1.77. The van der Waals surface area contributed by atoms with Crippen molar-refractivity contribution in [2.75, 3.05) is 13.2 Å². The molecule has 0 unspecified atom stereocenters. The van der Waals surface area contributed by atoms with E-state index in [0.717, 1.165) is 6.54 Å². The van der Waals surface area contributed by atoms with E-state index in [-0.39, 0.29) is 0 Å². The summed E-state index contributed by atoms with van der Waals surface area (Å²) in [5, 5.41) is 3.05. The molecule has 0 atom stereocenters. The molecule has 44 valence electrons. The maximum Gasteiger partial charge on any atom is 0.0428 e. The number of hydrogen-bond donors (Lipinski definition) is 2. The third-order valence-electron chi connectivity index (χ3n) is 0.851. The Balaban J connectivity index is 2.45. The summed E-state index contributed by atoms with van der Waals surface area (Å²) in [4.78, 5) is 0. The van der Waals surface area contributed by atoms with E-state index in [4.69, 9.17) is 5.73 Å². The summed E-state index contributed by atoms with van der Waals surface area (Å²) < 4.78 is 0. The fourth-order valence-corrected chi connectivity index (χ4v) is 0.757. The Hall–Kier alpha value is 0.137. The molecule has 0 aromatic heterocycles. The van der Waals surface area contributed by atoms with Gasteiger partial charge in [0.15, 0.2) is 0 Å². The largest absolute Gasteiger partial charge is 0.318 e. The lowest BCUT2D eigenvalue weighted by Crippen LogP contribution is -2.22. The molecular formula is C4H14N2Si. The Bertz CT molecular complexity index is 28.9. The number of nitrogens with one attached hydrogen (secondary N) is 1. The summed E-state index contributed by atoms with van der Waals surface area (Å²) in [5.41, 5.74) is 5.17. The molecule has 0 amide bonds. The van der Waals surface area contributed by atoms with Crippen LogP contribution >= 0.6 is 0 Å². The zero-order valence-electron chi connectivity index (χ0n) is 4.91. The first-order chi connectivity index (χ1) is 3.41. The van der Waals surface area contributed by atoms with E-state index < -0.39 is 0 Å². The predicted octanol–water partition coefficient (Wildman–Crippen LogP) is -1.33. The zero-order valence-corrected chi connectivity index (χ0v) is 6.91. The van der Waals surface area contributed by atoms with Crippen molar-refractivity contribution in [3.8, 4) is 0 Å². The van der Waals surface area contributed by atoms with E-state index in [2.05, 4.69) is 5.32 Å². The number of rotatable bonds is 4. The summed E-state index contributed by atoms with van der Waals surface area (Å²) in [6.45, 7) is 1.72. The van der Waals surface area contributed by atoms with Gasteiger partial charge in [-0.2, -0.15) is 0 Å². The van der Waals surface area contributed by atoms with Gasteiger partial charge in [-0.15, -0.1) is 0 Å². The first-order valence-corrected chi connectivity index (χ1v) is 4.24. The molecule has 0 fully saturated rings. The third kappa shape index (κ3) is 6.14. The van der Waals surface area contributed by atoms with Crippen LogP contribution in [0.2, 0.25) is 6.04 Å². The van der Waals surface area contributed by atoms with Crippen molar-refractivity contribution >= 4 is 10.2 Å². The van der Waals surface area contributed by atoms with Gasteiger partial charge in [0.05, 0.1) is 0 Å². The molecule has 2 nitrogen and oxygen atoms in total. The topological polar surface area (TPSA) is 38.0 Å². The van der Waals surface area contributed by atoms with Gasteiger partial charge in [-0.3, -0.25) is 0 Å². The molecule has 0 heterocycles. The lowest BCUT2D eigenvalue weighted by molar-refractivity contribution is 0.689. The molecule has 3 heteroatoms. The molecule has 0 aromatic carbocycles. The molecule has 0 rings (SSSR count). The van der Waals surface area contributed by atoms with Gasteiger partial charge in [-0.05, 0) is 13.0 Å². The van der Waals surface area contributed by atoms with E-state index in [9.17, 15) is 0 Å². The van der Waals surface area contributed by atoms with Crippen molar-refractivity contribution in [3.05, 3.63) is 0 Å². The summed E-state index contributed by atoms with van der Waals surface area (Å²) in [5.74, 6) is 0. The van der Waals surface area contributed by atoms with Gasteiger partial charge < -0.3 is 11.1 Å². The van der Waals surface area contributed by atoms with E-state index in [1.54, 1.807) is 0 Å². The van der Waals surface area contributed by atoms with Crippen LogP contribution < -0.4 is 11.1 Å². The molecule has 0 aliphatic heterocycles. The summed E-state index contributed by atoms with van der Waals surface area (Å²) >= 11 is 0. The second-order valence-corrected chi connectivity index (χ2v) is 2.56. The van der Waals surface area contributed by atoms with Crippen molar-refractivity contribution in [2.45, 2.75) is 12.5 Å². The molecule has 0 radical (unpaired) electrons. The second kappa shape index (κ2) is 6.14. The van der Waals surface area contributed by atoms with E-state index >= 15 is 0 Å². The molecule has 0 aliphatic carbocycles. The number of hydrogen-bond acceptors (Lipinski definition) is 2. The number of nitrogens with two attached hydrogens (primary N) is 1. The lowest BCUT2D eigenvalue weighted by Gasteiger charge is -1.95. The highest BCUT2D eigenvalue weighted by Gasteiger charge is 1.77. The van der Waals surface area contributed by atoms with E-state index in [1.165, 1.54) is 22.7 Å². The van der Waals surface area contributed by atoms with Gasteiger partial charge in [0.25, 0.3) is 0 Å². The van der Waals surface area contributed by atoms with Crippen LogP contribution in [0.15, 0.2) is 0 Å². The van der Waals surface area contributed by atoms with Gasteiger partial charge in [-0.1, -0.05) is 6.04 Å². The fourth-order valence-electron chi connectivity index (χ4n) is 0.404. The monoisotopic (exact) mass is 118 g/mol. The SMILES string of the molecule is NCNCCC[SiH3]. The molecule has 0 aromatic rings. The van der Waals surface area contributed by atoms with Gasteiger partial charge >= 0.3 is 0 Å². The van der Waals surface area contributed by atoms with Crippen LogP contribution in [0.25, 0.3) is 0 Å². The van der Waals surface area contributed by atoms with Crippen LogP contribution in [0.4, 0.5) is 0 Å². The Morgan fingerprint density at radius 1 is 1.57 bits per heavy atom. The van der Waals surface area contributed by atoms with Gasteiger partial charge in [0, 0.05) is 16.9 Å². The smallest absolute Gasteiger partial charge is 0.0428 e. The summed E-state index contributed by atoms with van der Waals surface area (Å²) in [7, 11) is 1.32. The molecule has 0 bridgehead atoms. The summed E-state index contributed by atoms with van der Waals surface area (Å²) in [6.07, 6.45) is 1.30. The minimum atomic E-state index is 0.627. The third-order valence-corrected chi connectivity index (χ3v) is 1.56. The Morgan fingerprint density at radius 2 is 2.29 bits per heavy atom. The molecule has 7 heavy (non-hydrogen) atoms. The predicted molar refractivity (Wildman–Crippen MR) is 36.4 cm³/mol. The van der Waals surface area contributed by atoms with Crippen molar-refractivity contribution in [3.63, 3.8) is 0 Å². The van der Waals surface area contributed by atoms with Gasteiger partial charge in [0.2, 0.25) is 0 Å². The standard InChI is InChI=1S/C4H14N2Si/c5-4-6-2-1-3-7/h6H,1-5H2,7H3. The highest BCUT2D eigenvalue weighted by atomic mass is 28.1. The fraction of sp³-hybridized carbons (Fsp3) is 1.00. The minimum absolute atomic E-state index is 0.627.